The van der Waals surface area contributed by atoms with Crippen LogP contribution in [0.4, 0.5) is 0 Å². The predicted octanol–water partition coefficient (Wildman–Crippen LogP) is 3.32. The van der Waals surface area contributed by atoms with Gasteiger partial charge in [0.25, 0.3) is 11.5 Å². The Labute approximate surface area is 155 Å². The van der Waals surface area contributed by atoms with Crippen LogP contribution in [0.15, 0.2) is 90.0 Å². The Bertz CT molecular complexity index is 1150. The zero-order valence-electron chi connectivity index (χ0n) is 14.5. The monoisotopic (exact) mass is 355 g/mol. The number of nitrogens with zero attached hydrogens (tertiary/aromatic N) is 2. The highest BCUT2D eigenvalue weighted by molar-refractivity contribution is 5.97. The van der Waals surface area contributed by atoms with Gasteiger partial charge in [0.2, 0.25) is 0 Å². The highest BCUT2D eigenvalue weighted by Crippen LogP contribution is 2.16. The normalized spacial score (nSPS) is 10.7. The average molecular weight is 355 g/mol. The van der Waals surface area contributed by atoms with Crippen molar-refractivity contribution in [3.8, 4) is 5.69 Å². The molecule has 4 aromatic rings. The second-order valence-electron chi connectivity index (χ2n) is 6.14. The predicted molar refractivity (Wildman–Crippen MR) is 105 cm³/mol. The standard InChI is InChI=1S/C22H17N3O2/c26-21(24-15-16-7-6-12-23-14-16)20-13-17-8-4-5-11-19(17)22(27)25(20)18-9-2-1-3-10-18/h1-14H,15H2,(H,24,26). The summed E-state index contributed by atoms with van der Waals surface area (Å²) in [6.07, 6.45) is 3.38. The first kappa shape index (κ1) is 16.7. The quantitative estimate of drug-likeness (QED) is 0.611. The van der Waals surface area contributed by atoms with E-state index in [2.05, 4.69) is 10.3 Å². The van der Waals surface area contributed by atoms with Crippen LogP contribution in [0.1, 0.15) is 16.1 Å². The van der Waals surface area contributed by atoms with Crippen molar-refractivity contribution < 1.29 is 4.79 Å². The topological polar surface area (TPSA) is 64.0 Å². The van der Waals surface area contributed by atoms with Crippen molar-refractivity contribution in [3.05, 3.63) is 107 Å². The van der Waals surface area contributed by atoms with Crippen LogP contribution in [0.2, 0.25) is 0 Å². The van der Waals surface area contributed by atoms with Crippen LogP contribution in [0.5, 0.6) is 0 Å². The van der Waals surface area contributed by atoms with E-state index >= 15 is 0 Å². The number of pyridine rings is 2. The van der Waals surface area contributed by atoms with Crippen molar-refractivity contribution in [2.45, 2.75) is 6.54 Å². The highest BCUT2D eigenvalue weighted by Gasteiger charge is 2.16. The molecular formula is C22H17N3O2. The van der Waals surface area contributed by atoms with Crippen molar-refractivity contribution in [1.29, 1.82) is 0 Å². The molecule has 27 heavy (non-hydrogen) atoms. The van der Waals surface area contributed by atoms with Crippen molar-refractivity contribution in [2.24, 2.45) is 0 Å². The maximum absolute atomic E-state index is 13.1. The van der Waals surface area contributed by atoms with E-state index in [0.717, 1.165) is 10.9 Å². The van der Waals surface area contributed by atoms with Gasteiger partial charge in [-0.1, -0.05) is 42.5 Å². The van der Waals surface area contributed by atoms with E-state index in [1.54, 1.807) is 24.5 Å². The van der Waals surface area contributed by atoms with Gasteiger partial charge in [-0.15, -0.1) is 0 Å². The minimum atomic E-state index is -0.314. The number of carbonyl (C=O) groups excluding carboxylic acids is 1. The molecule has 2 aromatic carbocycles. The van der Waals surface area contributed by atoms with E-state index in [1.807, 2.05) is 60.7 Å². The van der Waals surface area contributed by atoms with Gasteiger partial charge < -0.3 is 5.32 Å². The molecule has 2 aromatic heterocycles. The molecule has 0 atom stereocenters. The van der Waals surface area contributed by atoms with E-state index in [-0.39, 0.29) is 11.5 Å². The maximum atomic E-state index is 13.1. The van der Waals surface area contributed by atoms with E-state index in [1.165, 1.54) is 4.57 Å². The fourth-order valence-corrected chi connectivity index (χ4v) is 3.04. The minimum absolute atomic E-state index is 0.217. The second kappa shape index (κ2) is 7.25. The summed E-state index contributed by atoms with van der Waals surface area (Å²) in [6.45, 7) is 0.336. The second-order valence-corrected chi connectivity index (χ2v) is 6.14. The third-order valence-corrected chi connectivity index (χ3v) is 4.35. The largest absolute Gasteiger partial charge is 0.347 e. The summed E-state index contributed by atoms with van der Waals surface area (Å²) < 4.78 is 1.46. The lowest BCUT2D eigenvalue weighted by Crippen LogP contribution is -2.31. The lowest BCUT2D eigenvalue weighted by Gasteiger charge is -2.14. The first-order valence-corrected chi connectivity index (χ1v) is 8.61. The number of hydrogen-bond acceptors (Lipinski definition) is 3. The molecule has 1 amide bonds. The molecule has 0 fully saturated rings. The van der Waals surface area contributed by atoms with Crippen LogP contribution < -0.4 is 10.9 Å². The molecule has 0 saturated carbocycles. The first-order chi connectivity index (χ1) is 13.2. The maximum Gasteiger partial charge on any atom is 0.268 e. The number of para-hydroxylation sites is 1. The smallest absolute Gasteiger partial charge is 0.268 e. The van der Waals surface area contributed by atoms with Gasteiger partial charge in [0.1, 0.15) is 5.69 Å². The Kier molecular flexibility index (Phi) is 4.49. The zero-order chi connectivity index (χ0) is 18.6. The van der Waals surface area contributed by atoms with Gasteiger partial charge in [-0.05, 0) is 41.3 Å². The van der Waals surface area contributed by atoms with Crippen LogP contribution >= 0.6 is 0 Å². The van der Waals surface area contributed by atoms with Crippen LogP contribution in [-0.2, 0) is 6.54 Å². The number of benzene rings is 2. The van der Waals surface area contributed by atoms with Gasteiger partial charge in [0.15, 0.2) is 0 Å². The summed E-state index contributed by atoms with van der Waals surface area (Å²) in [7, 11) is 0. The Morgan fingerprint density at radius 3 is 2.52 bits per heavy atom. The molecular weight excluding hydrogens is 338 g/mol. The van der Waals surface area contributed by atoms with E-state index in [9.17, 15) is 9.59 Å². The fourth-order valence-electron chi connectivity index (χ4n) is 3.04. The molecule has 132 valence electrons. The van der Waals surface area contributed by atoms with Crippen molar-refractivity contribution in [3.63, 3.8) is 0 Å². The first-order valence-electron chi connectivity index (χ1n) is 8.61. The minimum Gasteiger partial charge on any atom is -0.347 e. The van der Waals surface area contributed by atoms with Gasteiger partial charge in [-0.2, -0.15) is 0 Å². The van der Waals surface area contributed by atoms with Gasteiger partial charge in [0, 0.05) is 30.0 Å². The summed E-state index contributed by atoms with van der Waals surface area (Å²) in [5.41, 5.74) is 1.62. The molecule has 0 spiro atoms. The molecule has 0 aliphatic carbocycles. The average Bonchev–Trinajstić information content (AvgIpc) is 2.73. The van der Waals surface area contributed by atoms with E-state index < -0.39 is 0 Å². The van der Waals surface area contributed by atoms with Crippen molar-refractivity contribution in [2.75, 3.05) is 0 Å². The lowest BCUT2D eigenvalue weighted by atomic mass is 10.1. The van der Waals surface area contributed by atoms with Crippen molar-refractivity contribution >= 4 is 16.7 Å². The van der Waals surface area contributed by atoms with Gasteiger partial charge in [-0.3, -0.25) is 19.1 Å². The van der Waals surface area contributed by atoms with E-state index in [4.69, 9.17) is 0 Å². The zero-order valence-corrected chi connectivity index (χ0v) is 14.5. The molecule has 2 heterocycles. The van der Waals surface area contributed by atoms with Gasteiger partial charge >= 0.3 is 0 Å². The van der Waals surface area contributed by atoms with Crippen LogP contribution in [0, 0.1) is 0 Å². The molecule has 0 radical (unpaired) electrons. The number of rotatable bonds is 4. The molecule has 1 N–H and O–H groups in total. The number of nitrogens with one attached hydrogen (secondary N) is 1. The lowest BCUT2D eigenvalue weighted by molar-refractivity contribution is 0.0943. The summed E-state index contributed by atoms with van der Waals surface area (Å²) in [5, 5.41) is 4.19. The summed E-state index contributed by atoms with van der Waals surface area (Å²) >= 11 is 0. The molecule has 4 rings (SSSR count). The van der Waals surface area contributed by atoms with E-state index in [0.29, 0.717) is 23.3 Å². The summed E-state index contributed by atoms with van der Waals surface area (Å²) in [4.78, 5) is 30.1. The van der Waals surface area contributed by atoms with Crippen molar-refractivity contribution in [1.82, 2.24) is 14.9 Å². The number of fused-ring (bicyclic) bond motifs is 1. The number of aromatic nitrogens is 2. The molecule has 5 heteroatoms. The Balaban J connectivity index is 1.81. The fraction of sp³-hybridized carbons (Fsp3) is 0.0455. The molecule has 0 aliphatic rings. The summed E-state index contributed by atoms with van der Waals surface area (Å²) in [6, 6.07) is 21.9. The summed E-state index contributed by atoms with van der Waals surface area (Å²) in [5.74, 6) is -0.314. The number of carbonyl (C=O) groups is 1. The third-order valence-electron chi connectivity index (χ3n) is 4.35. The molecule has 0 bridgehead atoms. The highest BCUT2D eigenvalue weighted by atomic mass is 16.2. The van der Waals surface area contributed by atoms with Crippen LogP contribution in [0.25, 0.3) is 16.5 Å². The Hall–Kier alpha value is -3.73. The molecule has 5 nitrogen and oxygen atoms in total. The van der Waals surface area contributed by atoms with Gasteiger partial charge in [-0.25, -0.2) is 0 Å². The Morgan fingerprint density at radius 2 is 1.74 bits per heavy atom. The number of hydrogen-bond donors (Lipinski definition) is 1. The molecule has 0 saturated heterocycles. The third kappa shape index (κ3) is 3.35. The number of amides is 1. The van der Waals surface area contributed by atoms with Crippen LogP contribution in [0.3, 0.4) is 0 Å². The van der Waals surface area contributed by atoms with Gasteiger partial charge in [0.05, 0.1) is 0 Å². The molecule has 0 unspecified atom stereocenters. The SMILES string of the molecule is O=C(NCc1cccnc1)c1cc2ccccc2c(=O)n1-c1ccccc1. The Morgan fingerprint density at radius 1 is 0.963 bits per heavy atom. The molecule has 0 aliphatic heterocycles. The van der Waals surface area contributed by atoms with Crippen LogP contribution in [-0.4, -0.2) is 15.5 Å².